The quantitative estimate of drug-likeness (QED) is 0.486. The number of hydrogen-bond acceptors (Lipinski definition) is 4. The van der Waals surface area contributed by atoms with Gasteiger partial charge >= 0.3 is 51.4 Å². The molecule has 1 aromatic rings. The molecule has 2 rings (SSSR count). The fourth-order valence-electron chi connectivity index (χ4n) is 1.68. The molecule has 0 heterocycles. The smallest absolute Gasteiger partial charge is 0.748 e. The van der Waals surface area contributed by atoms with Crippen LogP contribution in [0.2, 0.25) is 0 Å². The van der Waals surface area contributed by atoms with E-state index in [0.717, 1.165) is 5.56 Å². The second-order valence-corrected chi connectivity index (χ2v) is 5.66. The van der Waals surface area contributed by atoms with Crippen molar-refractivity contribution < 1.29 is 69.1 Å². The minimum absolute atomic E-state index is 0. The third-order valence-electron chi connectivity index (χ3n) is 2.79. The van der Waals surface area contributed by atoms with Crippen molar-refractivity contribution in [1.82, 2.24) is 0 Å². The van der Waals surface area contributed by atoms with E-state index < -0.39 is 15.4 Å². The summed E-state index contributed by atoms with van der Waals surface area (Å²) < 4.78 is 37.4. The van der Waals surface area contributed by atoms with Gasteiger partial charge in [-0.05, 0) is 18.4 Å². The molecule has 0 saturated heterocycles. The summed E-state index contributed by atoms with van der Waals surface area (Å²) in [5.74, 6) is 0. The van der Waals surface area contributed by atoms with Gasteiger partial charge in [0.1, 0.15) is 0 Å². The molecule has 1 fully saturated rings. The number of benzene rings is 1. The van der Waals surface area contributed by atoms with Crippen LogP contribution < -0.4 is 51.4 Å². The van der Waals surface area contributed by atoms with Crippen LogP contribution >= 0.6 is 0 Å². The maximum absolute atomic E-state index is 10.6. The molecule has 0 bridgehead atoms. The second-order valence-electron chi connectivity index (χ2n) is 4.00. The molecule has 1 saturated carbocycles. The van der Waals surface area contributed by atoms with Crippen molar-refractivity contribution in [2.75, 3.05) is 0 Å². The molecule has 0 N–H and O–H groups in total. The van der Waals surface area contributed by atoms with Crippen LogP contribution in [0.1, 0.15) is 18.4 Å². The molecule has 1 aromatic carbocycles. The van der Waals surface area contributed by atoms with Gasteiger partial charge in [-0.15, -0.1) is 0 Å². The normalized spacial score (nSPS) is 23.6. The van der Waals surface area contributed by atoms with Crippen LogP contribution in [0.15, 0.2) is 30.3 Å². The van der Waals surface area contributed by atoms with Crippen LogP contribution in [0.5, 0.6) is 0 Å². The summed E-state index contributed by atoms with van der Waals surface area (Å²) in [5.41, 5.74) is 1.05. The van der Waals surface area contributed by atoms with Crippen molar-refractivity contribution in [1.29, 1.82) is 0 Å². The van der Waals surface area contributed by atoms with Gasteiger partial charge < -0.3 is 9.29 Å². The molecule has 1 aliphatic carbocycles. The van der Waals surface area contributed by atoms with Crippen molar-refractivity contribution >= 4 is 10.1 Å². The summed E-state index contributed by atoms with van der Waals surface area (Å²) in [6.07, 6.45) is 0.575. The maximum Gasteiger partial charge on any atom is 1.00 e. The number of hydrogen-bond donors (Lipinski definition) is 0. The molecular weight excluding hydrogens is 267 g/mol. The molecule has 0 atom stereocenters. The van der Waals surface area contributed by atoms with Gasteiger partial charge in [0.2, 0.25) is 0 Å². The molecule has 4 nitrogen and oxygen atoms in total. The third kappa shape index (κ3) is 4.72. The Labute approximate surface area is 144 Å². The largest absolute Gasteiger partial charge is 1.00 e. The Balaban J connectivity index is 0.00000144. The topological polar surface area (TPSA) is 66.4 Å². The first-order chi connectivity index (χ1) is 7.55. The van der Waals surface area contributed by atoms with Crippen LogP contribution in [-0.2, 0) is 21.5 Å². The van der Waals surface area contributed by atoms with Gasteiger partial charge in [-0.1, -0.05) is 30.3 Å². The summed E-state index contributed by atoms with van der Waals surface area (Å²) in [6.45, 7) is 0.469. The van der Waals surface area contributed by atoms with Crippen LogP contribution in [0.4, 0.5) is 0 Å². The Morgan fingerprint density at radius 3 is 2.35 bits per heavy atom. The predicted molar refractivity (Wildman–Crippen MR) is 57.7 cm³/mol. The predicted octanol–water partition coefficient (Wildman–Crippen LogP) is -1.72. The van der Waals surface area contributed by atoms with Gasteiger partial charge in [0.05, 0.1) is 28.1 Å². The Bertz CT molecular complexity index is 440. The summed E-state index contributed by atoms with van der Waals surface area (Å²) in [5, 5.41) is -0.742. The summed E-state index contributed by atoms with van der Waals surface area (Å²) in [7, 11) is -4.11. The molecule has 17 heavy (non-hydrogen) atoms. The molecule has 6 heteroatoms. The summed E-state index contributed by atoms with van der Waals surface area (Å²) in [4.78, 5) is 0. The number of rotatable bonds is 4. The van der Waals surface area contributed by atoms with Gasteiger partial charge in [-0.3, -0.25) is 0 Å². The van der Waals surface area contributed by atoms with Gasteiger partial charge in [0.15, 0.2) is 0 Å². The van der Waals surface area contributed by atoms with Crippen molar-refractivity contribution in [2.45, 2.75) is 30.8 Å². The van der Waals surface area contributed by atoms with Gasteiger partial charge in [0.25, 0.3) is 0 Å². The van der Waals surface area contributed by atoms with Crippen LogP contribution in [-0.4, -0.2) is 24.3 Å². The average molecular weight is 280 g/mol. The Morgan fingerprint density at radius 1 is 1.24 bits per heavy atom. The Hall–Kier alpha value is 0.726. The van der Waals surface area contributed by atoms with Gasteiger partial charge in [-0.2, -0.15) is 0 Å². The van der Waals surface area contributed by atoms with Crippen LogP contribution in [0, 0.1) is 0 Å². The molecule has 0 spiro atoms. The fourth-order valence-corrected chi connectivity index (χ4v) is 2.58. The maximum atomic E-state index is 10.6. The average Bonchev–Trinajstić information content (AvgIpc) is 2.15. The van der Waals surface area contributed by atoms with E-state index in [1.807, 2.05) is 30.3 Å². The first-order valence-corrected chi connectivity index (χ1v) is 6.63. The van der Waals surface area contributed by atoms with E-state index >= 15 is 0 Å². The van der Waals surface area contributed by atoms with Crippen molar-refractivity contribution in [3.8, 4) is 0 Å². The first-order valence-electron chi connectivity index (χ1n) is 5.16. The van der Waals surface area contributed by atoms with Gasteiger partial charge in [0, 0.05) is 0 Å². The minimum Gasteiger partial charge on any atom is -0.748 e. The Kier molecular flexibility index (Phi) is 6.28. The summed E-state index contributed by atoms with van der Waals surface area (Å²) in [6, 6.07) is 9.66. The zero-order chi connectivity index (χ0) is 11.6. The standard InChI is InChI=1S/C11H14O4S.K/c12-16(13,14)11-6-10(7-11)15-8-9-4-2-1-3-5-9;/h1-5,10-11H,6-8H2,(H,12,13,14);/q;+1/p-1. The van der Waals surface area contributed by atoms with Gasteiger partial charge in [-0.25, -0.2) is 8.42 Å². The molecule has 0 aromatic heterocycles. The zero-order valence-electron chi connectivity index (χ0n) is 9.70. The van der Waals surface area contributed by atoms with E-state index in [0.29, 0.717) is 19.4 Å². The molecule has 88 valence electrons. The molecule has 0 amide bonds. The van der Waals surface area contributed by atoms with Crippen LogP contribution in [0.3, 0.4) is 0 Å². The summed E-state index contributed by atoms with van der Waals surface area (Å²) >= 11 is 0. The molecule has 0 unspecified atom stereocenters. The third-order valence-corrected chi connectivity index (χ3v) is 3.99. The minimum atomic E-state index is -4.11. The van der Waals surface area contributed by atoms with E-state index in [4.69, 9.17) is 4.74 Å². The SMILES string of the molecule is O=S(=O)([O-])C1CC(OCc2ccccc2)C1.[K+]. The van der Waals surface area contributed by atoms with E-state index in [1.165, 1.54) is 0 Å². The first kappa shape index (κ1) is 15.8. The van der Waals surface area contributed by atoms with E-state index in [-0.39, 0.29) is 57.5 Å². The molecule has 0 radical (unpaired) electrons. The monoisotopic (exact) mass is 280 g/mol. The van der Waals surface area contributed by atoms with E-state index in [2.05, 4.69) is 0 Å². The molecule has 1 aliphatic rings. The second kappa shape index (κ2) is 6.77. The zero-order valence-corrected chi connectivity index (χ0v) is 13.6. The molecule has 0 aliphatic heterocycles. The van der Waals surface area contributed by atoms with Crippen molar-refractivity contribution in [2.24, 2.45) is 0 Å². The fraction of sp³-hybridized carbons (Fsp3) is 0.455. The van der Waals surface area contributed by atoms with Crippen molar-refractivity contribution in [3.05, 3.63) is 35.9 Å². The van der Waals surface area contributed by atoms with Crippen LogP contribution in [0.25, 0.3) is 0 Å². The molecular formula is C11H13KO4S. The Morgan fingerprint density at radius 2 is 1.82 bits per heavy atom. The van der Waals surface area contributed by atoms with E-state index in [1.54, 1.807) is 0 Å². The number of ether oxygens (including phenoxy) is 1. The van der Waals surface area contributed by atoms with E-state index in [9.17, 15) is 13.0 Å². The van der Waals surface area contributed by atoms with Crippen molar-refractivity contribution in [3.63, 3.8) is 0 Å².